The van der Waals surface area contributed by atoms with E-state index in [0.29, 0.717) is 22.0 Å². The Morgan fingerprint density at radius 2 is 1.77 bits per heavy atom. The molecule has 0 radical (unpaired) electrons. The normalized spacial score (nSPS) is 13.8. The summed E-state index contributed by atoms with van der Waals surface area (Å²) in [5, 5.41) is 2.95. The quantitative estimate of drug-likeness (QED) is 0.831. The smallest absolute Gasteiger partial charge is 0.413 e. The zero-order chi connectivity index (χ0) is 19.1. The summed E-state index contributed by atoms with van der Waals surface area (Å²) in [7, 11) is 0. The SMILES string of the molecule is Cc1sc(NC(=O)OC(C)(C)C)nc1CN1C(=O)c2ccccc2C1=O. The Hall–Kier alpha value is -2.74. The number of nitrogens with zero attached hydrogens (tertiary/aromatic N) is 2. The Morgan fingerprint density at radius 3 is 2.31 bits per heavy atom. The lowest BCUT2D eigenvalue weighted by Crippen LogP contribution is -2.29. The summed E-state index contributed by atoms with van der Waals surface area (Å²) in [5.74, 6) is -0.667. The Bertz CT molecular complexity index is 863. The summed E-state index contributed by atoms with van der Waals surface area (Å²) in [6, 6.07) is 6.73. The van der Waals surface area contributed by atoms with Crippen molar-refractivity contribution in [2.24, 2.45) is 0 Å². The molecule has 0 spiro atoms. The predicted molar refractivity (Wildman–Crippen MR) is 97.4 cm³/mol. The molecule has 136 valence electrons. The second-order valence-corrected chi connectivity index (χ2v) is 8.09. The fourth-order valence-corrected chi connectivity index (χ4v) is 3.36. The Balaban J connectivity index is 1.74. The highest BCUT2D eigenvalue weighted by Gasteiger charge is 2.35. The lowest BCUT2D eigenvalue weighted by atomic mass is 10.1. The number of rotatable bonds is 3. The zero-order valence-corrected chi connectivity index (χ0v) is 15.8. The fraction of sp³-hybridized carbons (Fsp3) is 0.333. The number of carbonyl (C=O) groups is 3. The number of carbonyl (C=O) groups excluding carboxylic acids is 3. The molecule has 26 heavy (non-hydrogen) atoms. The van der Waals surface area contributed by atoms with Gasteiger partial charge in [-0.3, -0.25) is 19.8 Å². The zero-order valence-electron chi connectivity index (χ0n) is 15.0. The van der Waals surface area contributed by atoms with Crippen molar-refractivity contribution in [1.82, 2.24) is 9.88 Å². The lowest BCUT2D eigenvalue weighted by Gasteiger charge is -2.18. The first kappa shape index (κ1) is 18.1. The first-order chi connectivity index (χ1) is 12.2. The molecule has 2 aromatic rings. The average molecular weight is 373 g/mol. The fourth-order valence-electron chi connectivity index (χ4n) is 2.55. The Labute approximate surface area is 155 Å². The molecule has 0 saturated heterocycles. The van der Waals surface area contributed by atoms with E-state index in [1.807, 2.05) is 6.92 Å². The maximum atomic E-state index is 12.5. The standard InChI is InChI=1S/C18H19N3O4S/c1-10-13(19-16(26-10)20-17(24)25-18(2,3)4)9-21-14(22)11-7-5-6-8-12(11)15(21)23/h5-8H,9H2,1-4H3,(H,19,20,24). The van der Waals surface area contributed by atoms with Gasteiger partial charge in [-0.2, -0.15) is 0 Å². The molecule has 1 aromatic heterocycles. The molecule has 1 aromatic carbocycles. The van der Waals surface area contributed by atoms with Crippen LogP contribution in [0.25, 0.3) is 0 Å². The molecule has 0 atom stereocenters. The van der Waals surface area contributed by atoms with Crippen LogP contribution in [0.1, 0.15) is 52.1 Å². The van der Waals surface area contributed by atoms with Crippen LogP contribution in [0.5, 0.6) is 0 Å². The number of anilines is 1. The predicted octanol–water partition coefficient (Wildman–Crippen LogP) is 3.59. The maximum Gasteiger partial charge on any atom is 0.413 e. The largest absolute Gasteiger partial charge is 0.444 e. The first-order valence-corrected chi connectivity index (χ1v) is 8.89. The van der Waals surface area contributed by atoms with Gasteiger partial charge in [-0.15, -0.1) is 11.3 Å². The highest BCUT2D eigenvalue weighted by atomic mass is 32.1. The number of nitrogens with one attached hydrogen (secondary N) is 1. The van der Waals surface area contributed by atoms with E-state index in [0.717, 1.165) is 4.88 Å². The van der Waals surface area contributed by atoms with Crippen LogP contribution < -0.4 is 5.32 Å². The summed E-state index contributed by atoms with van der Waals surface area (Å²) >= 11 is 1.27. The number of aryl methyl sites for hydroxylation is 1. The molecule has 0 saturated carbocycles. The minimum absolute atomic E-state index is 0.0602. The summed E-state index contributed by atoms with van der Waals surface area (Å²) in [6.45, 7) is 7.20. The molecule has 1 N–H and O–H groups in total. The minimum Gasteiger partial charge on any atom is -0.444 e. The van der Waals surface area contributed by atoms with Crippen LogP contribution in [0, 0.1) is 6.92 Å². The molecule has 3 rings (SSSR count). The van der Waals surface area contributed by atoms with Gasteiger partial charge in [0.1, 0.15) is 5.60 Å². The molecule has 0 fully saturated rings. The number of amides is 3. The van der Waals surface area contributed by atoms with Crippen molar-refractivity contribution in [3.8, 4) is 0 Å². The van der Waals surface area contributed by atoms with E-state index >= 15 is 0 Å². The van der Waals surface area contributed by atoms with E-state index in [9.17, 15) is 14.4 Å². The lowest BCUT2D eigenvalue weighted by molar-refractivity contribution is 0.0622. The first-order valence-electron chi connectivity index (χ1n) is 8.07. The van der Waals surface area contributed by atoms with Gasteiger partial charge in [-0.05, 0) is 39.8 Å². The average Bonchev–Trinajstić information content (AvgIpc) is 2.99. The number of fused-ring (bicyclic) bond motifs is 1. The second kappa shape index (κ2) is 6.53. The highest BCUT2D eigenvalue weighted by molar-refractivity contribution is 7.15. The molecule has 8 heteroatoms. The number of ether oxygens (including phenoxy) is 1. The molecule has 1 aliphatic rings. The van der Waals surface area contributed by atoms with Crippen molar-refractivity contribution in [3.63, 3.8) is 0 Å². The molecular weight excluding hydrogens is 354 g/mol. The minimum atomic E-state index is -0.612. The van der Waals surface area contributed by atoms with Crippen LogP contribution >= 0.6 is 11.3 Å². The van der Waals surface area contributed by atoms with Crippen LogP contribution in [-0.4, -0.2) is 33.4 Å². The van der Waals surface area contributed by atoms with Crippen molar-refractivity contribution in [2.75, 3.05) is 5.32 Å². The molecule has 7 nitrogen and oxygen atoms in total. The van der Waals surface area contributed by atoms with E-state index < -0.39 is 11.7 Å². The van der Waals surface area contributed by atoms with Crippen LogP contribution in [0.4, 0.5) is 9.93 Å². The van der Waals surface area contributed by atoms with E-state index in [2.05, 4.69) is 10.3 Å². The third kappa shape index (κ3) is 3.60. The van der Waals surface area contributed by atoms with E-state index in [1.54, 1.807) is 45.0 Å². The molecule has 2 heterocycles. The summed E-state index contributed by atoms with van der Waals surface area (Å²) < 4.78 is 5.20. The molecular formula is C18H19N3O4S. The number of imide groups is 1. The Morgan fingerprint density at radius 1 is 1.19 bits per heavy atom. The van der Waals surface area contributed by atoms with Crippen LogP contribution in [0.15, 0.2) is 24.3 Å². The van der Waals surface area contributed by atoms with Crippen molar-refractivity contribution in [2.45, 2.75) is 39.8 Å². The van der Waals surface area contributed by atoms with E-state index in [1.165, 1.54) is 16.2 Å². The number of hydrogen-bond acceptors (Lipinski definition) is 6. The maximum absolute atomic E-state index is 12.5. The van der Waals surface area contributed by atoms with E-state index in [-0.39, 0.29) is 18.4 Å². The summed E-state index contributed by atoms with van der Waals surface area (Å²) in [6.07, 6.45) is -0.599. The number of thiazole rings is 1. The van der Waals surface area contributed by atoms with Gasteiger partial charge in [-0.25, -0.2) is 9.78 Å². The van der Waals surface area contributed by atoms with Crippen molar-refractivity contribution in [1.29, 1.82) is 0 Å². The van der Waals surface area contributed by atoms with Gasteiger partial charge in [0.05, 0.1) is 23.4 Å². The van der Waals surface area contributed by atoms with Crippen LogP contribution in [0.2, 0.25) is 0 Å². The molecule has 0 bridgehead atoms. The molecule has 0 aliphatic carbocycles. The number of aromatic nitrogens is 1. The molecule has 3 amide bonds. The van der Waals surface area contributed by atoms with Gasteiger partial charge in [0.2, 0.25) is 0 Å². The van der Waals surface area contributed by atoms with Gasteiger partial charge in [-0.1, -0.05) is 12.1 Å². The van der Waals surface area contributed by atoms with E-state index in [4.69, 9.17) is 4.74 Å². The second-order valence-electron chi connectivity index (χ2n) is 6.89. The third-order valence-corrected chi connectivity index (χ3v) is 4.62. The molecule has 0 unspecified atom stereocenters. The Kier molecular flexibility index (Phi) is 4.53. The highest BCUT2D eigenvalue weighted by Crippen LogP contribution is 2.28. The van der Waals surface area contributed by atoms with Gasteiger partial charge in [0.25, 0.3) is 11.8 Å². The summed E-state index contributed by atoms with van der Waals surface area (Å²) in [5.41, 5.74) is 0.755. The summed E-state index contributed by atoms with van der Waals surface area (Å²) in [4.78, 5) is 43.1. The van der Waals surface area contributed by atoms with Crippen LogP contribution in [0.3, 0.4) is 0 Å². The topological polar surface area (TPSA) is 88.6 Å². The number of hydrogen-bond donors (Lipinski definition) is 1. The van der Waals surface area contributed by atoms with Crippen molar-refractivity contribution < 1.29 is 19.1 Å². The van der Waals surface area contributed by atoms with Gasteiger partial charge >= 0.3 is 6.09 Å². The number of benzene rings is 1. The monoisotopic (exact) mass is 373 g/mol. The van der Waals surface area contributed by atoms with Gasteiger partial charge < -0.3 is 4.74 Å². The van der Waals surface area contributed by atoms with Crippen molar-refractivity contribution in [3.05, 3.63) is 46.0 Å². The third-order valence-electron chi connectivity index (χ3n) is 3.69. The molecule has 1 aliphatic heterocycles. The van der Waals surface area contributed by atoms with Gasteiger partial charge in [0, 0.05) is 4.88 Å². The van der Waals surface area contributed by atoms with Crippen LogP contribution in [-0.2, 0) is 11.3 Å². The van der Waals surface area contributed by atoms with Crippen molar-refractivity contribution >= 4 is 34.4 Å². The van der Waals surface area contributed by atoms with Gasteiger partial charge in [0.15, 0.2) is 5.13 Å².